The highest BCUT2D eigenvalue weighted by Gasteiger charge is 2.16. The maximum atomic E-state index is 5.92. The molecule has 90 valence electrons. The number of nitrogens with zero attached hydrogens (tertiary/aromatic N) is 3. The normalized spacial score (nSPS) is 20.9. The van der Waals surface area contributed by atoms with Gasteiger partial charge in [-0.3, -0.25) is 0 Å². The zero-order chi connectivity index (χ0) is 11.7. The summed E-state index contributed by atoms with van der Waals surface area (Å²) >= 11 is 5.92. The molecule has 3 rings (SSSR count). The lowest BCUT2D eigenvalue weighted by molar-refractivity contribution is 0.00443. The Labute approximate surface area is 105 Å². The van der Waals surface area contributed by atoms with E-state index in [9.17, 15) is 0 Å². The van der Waals surface area contributed by atoms with E-state index >= 15 is 0 Å². The van der Waals surface area contributed by atoms with Crippen molar-refractivity contribution in [2.45, 2.75) is 31.9 Å². The van der Waals surface area contributed by atoms with E-state index < -0.39 is 0 Å². The summed E-state index contributed by atoms with van der Waals surface area (Å²) in [6.07, 6.45) is 3.78. The minimum absolute atomic E-state index is 0.268. The van der Waals surface area contributed by atoms with Crippen molar-refractivity contribution in [2.24, 2.45) is 0 Å². The quantitative estimate of drug-likeness (QED) is 0.824. The number of halogens is 1. The van der Waals surface area contributed by atoms with Gasteiger partial charge in [0.1, 0.15) is 5.52 Å². The molecule has 0 saturated carbocycles. The Morgan fingerprint density at radius 2 is 2.35 bits per heavy atom. The van der Waals surface area contributed by atoms with Crippen LogP contribution in [0.15, 0.2) is 18.2 Å². The number of hydrogen-bond donors (Lipinski definition) is 0. The molecule has 0 bridgehead atoms. The van der Waals surface area contributed by atoms with Gasteiger partial charge in [-0.25, -0.2) is 4.68 Å². The molecule has 1 fully saturated rings. The van der Waals surface area contributed by atoms with Crippen LogP contribution in [0.25, 0.3) is 11.0 Å². The third-order valence-corrected chi connectivity index (χ3v) is 3.36. The zero-order valence-electron chi connectivity index (χ0n) is 9.47. The average Bonchev–Trinajstić information content (AvgIpc) is 2.73. The topological polar surface area (TPSA) is 39.9 Å². The molecule has 2 aromatic rings. The van der Waals surface area contributed by atoms with Crippen LogP contribution < -0.4 is 0 Å². The van der Waals surface area contributed by atoms with E-state index in [2.05, 4.69) is 10.3 Å². The van der Waals surface area contributed by atoms with Crippen LogP contribution in [0.3, 0.4) is 0 Å². The van der Waals surface area contributed by atoms with E-state index in [4.69, 9.17) is 16.3 Å². The highest BCUT2D eigenvalue weighted by atomic mass is 35.5. The van der Waals surface area contributed by atoms with Crippen molar-refractivity contribution in [3.8, 4) is 0 Å². The van der Waals surface area contributed by atoms with Crippen molar-refractivity contribution >= 4 is 22.6 Å². The minimum atomic E-state index is 0.268. The molecule has 4 nitrogen and oxygen atoms in total. The lowest BCUT2D eigenvalue weighted by Crippen LogP contribution is -2.24. The molecule has 1 aliphatic rings. The van der Waals surface area contributed by atoms with Crippen molar-refractivity contribution < 1.29 is 4.74 Å². The Balaban J connectivity index is 1.84. The molecule has 0 amide bonds. The van der Waals surface area contributed by atoms with Crippen molar-refractivity contribution in [3.63, 3.8) is 0 Å². The highest BCUT2D eigenvalue weighted by molar-refractivity contribution is 6.31. The first kappa shape index (κ1) is 11.0. The molecule has 1 saturated heterocycles. The van der Waals surface area contributed by atoms with Crippen molar-refractivity contribution in [2.75, 3.05) is 6.61 Å². The van der Waals surface area contributed by atoms with Gasteiger partial charge in [-0.1, -0.05) is 16.8 Å². The van der Waals surface area contributed by atoms with Crippen LogP contribution in [0.2, 0.25) is 5.02 Å². The number of ether oxygens (including phenoxy) is 1. The van der Waals surface area contributed by atoms with Crippen LogP contribution in [0.5, 0.6) is 0 Å². The largest absolute Gasteiger partial charge is 0.376 e. The first-order valence-corrected chi connectivity index (χ1v) is 6.31. The predicted octanol–water partition coefficient (Wildman–Crippen LogP) is 2.65. The van der Waals surface area contributed by atoms with E-state index in [-0.39, 0.29) is 6.10 Å². The van der Waals surface area contributed by atoms with Gasteiger partial charge in [0.05, 0.1) is 18.2 Å². The number of aromatic nitrogens is 3. The van der Waals surface area contributed by atoms with Crippen LogP contribution in [0.1, 0.15) is 19.3 Å². The summed E-state index contributed by atoms with van der Waals surface area (Å²) in [6.45, 7) is 1.64. The number of benzene rings is 1. The molecule has 1 atom stereocenters. The van der Waals surface area contributed by atoms with Crippen LogP contribution in [-0.2, 0) is 11.3 Å². The second-order valence-corrected chi connectivity index (χ2v) is 4.83. The smallest absolute Gasteiger partial charge is 0.114 e. The van der Waals surface area contributed by atoms with Gasteiger partial charge in [-0.05, 0) is 37.5 Å². The molecule has 1 aromatic carbocycles. The molecule has 5 heteroatoms. The lowest BCUT2D eigenvalue weighted by atomic mass is 10.1. The SMILES string of the molecule is Clc1ccc2c(c1)nnn2CC1CCCCO1. The fourth-order valence-corrected chi connectivity index (χ4v) is 2.39. The third kappa shape index (κ3) is 2.28. The van der Waals surface area contributed by atoms with Gasteiger partial charge < -0.3 is 4.74 Å². The molecule has 17 heavy (non-hydrogen) atoms. The van der Waals surface area contributed by atoms with E-state index in [1.807, 2.05) is 22.9 Å². The molecule has 1 aromatic heterocycles. The van der Waals surface area contributed by atoms with Crippen molar-refractivity contribution in [1.29, 1.82) is 0 Å². The van der Waals surface area contributed by atoms with E-state index in [0.29, 0.717) is 5.02 Å². The summed E-state index contributed by atoms with van der Waals surface area (Å²) in [5.41, 5.74) is 1.86. The van der Waals surface area contributed by atoms with Crippen LogP contribution >= 0.6 is 11.6 Å². The van der Waals surface area contributed by atoms with E-state index in [1.54, 1.807) is 0 Å². The highest BCUT2D eigenvalue weighted by Crippen LogP contribution is 2.19. The zero-order valence-corrected chi connectivity index (χ0v) is 10.2. The number of fused-ring (bicyclic) bond motifs is 1. The minimum Gasteiger partial charge on any atom is -0.376 e. The molecule has 0 spiro atoms. The van der Waals surface area contributed by atoms with Crippen LogP contribution in [0, 0.1) is 0 Å². The van der Waals surface area contributed by atoms with E-state index in [0.717, 1.165) is 30.6 Å². The molecule has 2 heterocycles. The Hall–Kier alpha value is -1.13. The standard InChI is InChI=1S/C12H14ClN3O/c13-9-4-5-12-11(7-9)14-15-16(12)8-10-3-1-2-6-17-10/h4-5,7,10H,1-3,6,8H2. The van der Waals surface area contributed by atoms with Gasteiger partial charge in [0.2, 0.25) is 0 Å². The molecule has 0 aliphatic carbocycles. The summed E-state index contributed by atoms with van der Waals surface area (Å²) in [5.74, 6) is 0. The van der Waals surface area contributed by atoms with Gasteiger partial charge in [-0.15, -0.1) is 5.10 Å². The molecule has 1 unspecified atom stereocenters. The van der Waals surface area contributed by atoms with Gasteiger partial charge in [0.25, 0.3) is 0 Å². The Morgan fingerprint density at radius 3 is 3.18 bits per heavy atom. The number of rotatable bonds is 2. The second kappa shape index (κ2) is 4.63. The third-order valence-electron chi connectivity index (χ3n) is 3.13. The summed E-state index contributed by atoms with van der Waals surface area (Å²) < 4.78 is 7.61. The van der Waals surface area contributed by atoms with Gasteiger partial charge in [0.15, 0.2) is 0 Å². The molecular formula is C12H14ClN3O. The summed E-state index contributed by atoms with van der Waals surface area (Å²) in [7, 11) is 0. The summed E-state index contributed by atoms with van der Waals surface area (Å²) in [4.78, 5) is 0. The molecular weight excluding hydrogens is 238 g/mol. The number of hydrogen-bond acceptors (Lipinski definition) is 3. The molecule has 0 radical (unpaired) electrons. The maximum Gasteiger partial charge on any atom is 0.114 e. The first-order valence-electron chi connectivity index (χ1n) is 5.93. The van der Waals surface area contributed by atoms with Crippen LogP contribution in [-0.4, -0.2) is 27.7 Å². The Bertz CT molecular complexity index is 519. The van der Waals surface area contributed by atoms with Crippen molar-refractivity contribution in [1.82, 2.24) is 15.0 Å². The molecule has 1 aliphatic heterocycles. The predicted molar refractivity (Wildman–Crippen MR) is 66.1 cm³/mol. The summed E-state index contributed by atoms with van der Waals surface area (Å²) in [6, 6.07) is 5.66. The van der Waals surface area contributed by atoms with Gasteiger partial charge in [0, 0.05) is 11.6 Å². The summed E-state index contributed by atoms with van der Waals surface area (Å²) in [5, 5.41) is 8.97. The fourth-order valence-electron chi connectivity index (χ4n) is 2.22. The Kier molecular flexibility index (Phi) is 2.99. The average molecular weight is 252 g/mol. The maximum absolute atomic E-state index is 5.92. The molecule has 0 N–H and O–H groups in total. The monoisotopic (exact) mass is 251 g/mol. The van der Waals surface area contributed by atoms with E-state index in [1.165, 1.54) is 12.8 Å². The fraction of sp³-hybridized carbons (Fsp3) is 0.500. The Morgan fingerprint density at radius 1 is 1.41 bits per heavy atom. The van der Waals surface area contributed by atoms with Gasteiger partial charge >= 0.3 is 0 Å². The van der Waals surface area contributed by atoms with Gasteiger partial charge in [-0.2, -0.15) is 0 Å². The van der Waals surface area contributed by atoms with Crippen LogP contribution in [0.4, 0.5) is 0 Å². The second-order valence-electron chi connectivity index (χ2n) is 4.39. The van der Waals surface area contributed by atoms with Crippen molar-refractivity contribution in [3.05, 3.63) is 23.2 Å². The lowest BCUT2D eigenvalue weighted by Gasteiger charge is -2.22. The first-order chi connectivity index (χ1) is 8.33.